The van der Waals surface area contributed by atoms with E-state index in [1.807, 2.05) is 184 Å². The molecule has 8 aromatic carbocycles. The first-order valence-electron chi connectivity index (χ1n) is 44.5. The fourth-order valence-corrected chi connectivity index (χ4v) is 13.3. The van der Waals surface area contributed by atoms with Gasteiger partial charge in [0.15, 0.2) is 11.6 Å². The quantitative estimate of drug-likeness (QED) is 0.0167. The predicted molar refractivity (Wildman–Crippen MR) is 553 cm³/mol. The molecule has 0 atom stereocenters. The fourth-order valence-electron chi connectivity index (χ4n) is 13.3. The van der Waals surface area contributed by atoms with Crippen LogP contribution in [0.2, 0.25) is 0 Å². The number of aromatic nitrogens is 12. The summed E-state index contributed by atoms with van der Waals surface area (Å²) >= 11 is 0. The van der Waals surface area contributed by atoms with Gasteiger partial charge >= 0.3 is 0 Å². The minimum atomic E-state index is -0.281. The molecule has 6 amide bonds. The number of benzene rings is 8. The molecular formula is C109H100N24O8. The van der Waals surface area contributed by atoms with Crippen LogP contribution in [0.15, 0.2) is 372 Å². The standard InChI is InChI=1S/C29H29N7O2.C29H28N6O2.C26H21N5O2.C25H22N6O2/c1-20-17-24(11-12-25(20)34-29-31-15-13-26(35-29)22-8-5-14-30-19-22)33-28(38)21-7-4-9-23(18-21)32-27(37)10-6-16-36(2)3;1-35(2)17-5-9-26(36)19-21-6-3-7-22(18-21)28(37)32-24-10-12-25(13-11-24)33-29-31-16-14-27(34-29)23-8-4-15-30-20-23;1-2-23(32)16-18-5-3-6-19(15-18)25(33)29-21-8-10-22(11-9-21)30-26-28-14-12-24(31-26)20-7-4-13-27-17-20;1-2-23(32)28-21-7-3-5-17(15-21)24(33)29-19-8-10-20(11-9-19)30-25-27-14-12-22(31-25)18-6-4-13-26-16-18/h4-15,17-19H,16H2,1-3H3,(H,32,37)(H,33,38)(H,31,34,35);3-16,18,20H,17,19H2,1-2H3,(H,32,37)(H,31,33,34);2-15,17H,1,16H2,(H,29,33)(H,28,30,31);3-16H,2H2,1H3,(H,28,32)(H,29,33)(H,27,30,31)/b10-6+;9-5+;;. The first-order chi connectivity index (χ1) is 68.5. The van der Waals surface area contributed by atoms with Crippen molar-refractivity contribution in [3.8, 4) is 45.0 Å². The van der Waals surface area contributed by atoms with E-state index in [0.29, 0.717) is 99.7 Å². The molecule has 16 aromatic rings. The number of carbonyl (C=O) groups excluding carboxylic acids is 8. The Morgan fingerprint density at radius 2 is 0.645 bits per heavy atom. The topological polar surface area (TPSA) is 418 Å². The number of hydrogen-bond donors (Lipinski definition) is 10. The molecule has 141 heavy (non-hydrogen) atoms. The van der Waals surface area contributed by atoms with Crippen LogP contribution in [0.5, 0.6) is 0 Å². The Kier molecular flexibility index (Phi) is 36.1. The summed E-state index contributed by atoms with van der Waals surface area (Å²) in [6.45, 7) is 8.55. The normalized spacial score (nSPS) is 10.7. The summed E-state index contributed by atoms with van der Waals surface area (Å²) in [5, 5.41) is 29.8. The largest absolute Gasteiger partial charge is 0.326 e. The Morgan fingerprint density at radius 3 is 1.00 bits per heavy atom. The average Bonchev–Trinajstić information content (AvgIpc) is 0.851. The number of nitrogens with one attached hydrogen (secondary N) is 10. The molecular weight excluding hydrogens is 1770 g/mol. The first kappa shape index (κ1) is 99.7. The lowest BCUT2D eigenvalue weighted by atomic mass is 10.0. The van der Waals surface area contributed by atoms with Gasteiger partial charge in [-0.05, 0) is 288 Å². The minimum Gasteiger partial charge on any atom is -0.326 e. The van der Waals surface area contributed by atoms with Crippen molar-refractivity contribution in [3.05, 3.63) is 411 Å². The molecule has 0 fully saturated rings. The maximum Gasteiger partial charge on any atom is 0.255 e. The highest BCUT2D eigenvalue weighted by Gasteiger charge is 2.17. The summed E-state index contributed by atoms with van der Waals surface area (Å²) < 4.78 is 0. The van der Waals surface area contributed by atoms with Gasteiger partial charge in [0, 0.05) is 214 Å². The summed E-state index contributed by atoms with van der Waals surface area (Å²) in [6, 6.07) is 77.5. The zero-order valence-corrected chi connectivity index (χ0v) is 77.9. The van der Waals surface area contributed by atoms with Crippen LogP contribution < -0.4 is 53.2 Å². The maximum absolute atomic E-state index is 12.9. The van der Waals surface area contributed by atoms with E-state index in [4.69, 9.17) is 0 Å². The van der Waals surface area contributed by atoms with Gasteiger partial charge in [-0.15, -0.1) is 0 Å². The molecule has 0 unspecified atom stereocenters. The third-order valence-electron chi connectivity index (χ3n) is 20.4. The van der Waals surface area contributed by atoms with E-state index in [1.54, 1.807) is 221 Å². The molecule has 0 aliphatic heterocycles. The number of nitrogens with zero attached hydrogens (tertiary/aromatic N) is 14. The van der Waals surface area contributed by atoms with Gasteiger partial charge < -0.3 is 63.0 Å². The van der Waals surface area contributed by atoms with Crippen molar-refractivity contribution in [2.24, 2.45) is 0 Å². The summed E-state index contributed by atoms with van der Waals surface area (Å²) in [7, 11) is 7.73. The van der Waals surface area contributed by atoms with E-state index in [1.165, 1.54) is 12.2 Å². The van der Waals surface area contributed by atoms with Gasteiger partial charge in [0.2, 0.25) is 35.6 Å². The van der Waals surface area contributed by atoms with E-state index in [9.17, 15) is 38.4 Å². The van der Waals surface area contributed by atoms with E-state index >= 15 is 0 Å². The molecule has 0 saturated heterocycles. The van der Waals surface area contributed by atoms with Crippen LogP contribution in [-0.2, 0) is 32.0 Å². The van der Waals surface area contributed by atoms with Crippen LogP contribution in [0, 0.1) is 6.92 Å². The molecule has 0 radical (unpaired) electrons. The number of allylic oxidation sites excluding steroid dienone is 2. The number of likely N-dealkylation sites (N-methyl/N-ethyl adjacent to an activating group) is 2. The lowest BCUT2D eigenvalue weighted by Crippen LogP contribution is -2.14. The average molecular weight is 1870 g/mol. The van der Waals surface area contributed by atoms with Gasteiger partial charge in [0.25, 0.3) is 23.6 Å². The second-order valence-electron chi connectivity index (χ2n) is 31.9. The third kappa shape index (κ3) is 31.9. The lowest BCUT2D eigenvalue weighted by molar-refractivity contribution is -0.116. The highest BCUT2D eigenvalue weighted by Crippen LogP contribution is 2.29. The Balaban J connectivity index is 0.000000158. The summed E-state index contributed by atoms with van der Waals surface area (Å²) in [6.07, 6.45) is 29.4. The number of rotatable bonds is 34. The van der Waals surface area contributed by atoms with Crippen molar-refractivity contribution in [3.63, 3.8) is 0 Å². The predicted octanol–water partition coefficient (Wildman–Crippen LogP) is 19.4. The summed E-state index contributed by atoms with van der Waals surface area (Å²) in [5.74, 6) is 0.335. The Hall–Kier alpha value is -18.8. The highest BCUT2D eigenvalue weighted by molar-refractivity contribution is 6.08. The molecule has 0 saturated carbocycles. The van der Waals surface area contributed by atoms with Crippen LogP contribution in [0.4, 0.5) is 80.7 Å². The van der Waals surface area contributed by atoms with E-state index in [0.717, 1.165) is 84.5 Å². The van der Waals surface area contributed by atoms with Crippen molar-refractivity contribution in [2.75, 3.05) is 94.4 Å². The highest BCUT2D eigenvalue weighted by atomic mass is 16.2. The second-order valence-corrected chi connectivity index (χ2v) is 31.9. The summed E-state index contributed by atoms with van der Waals surface area (Å²) in [4.78, 5) is 154. The fraction of sp³-hybridized carbons (Fsp3) is 0.101. The minimum absolute atomic E-state index is 0.00236. The number of carbonyl (C=O) groups is 8. The molecule has 10 N–H and O–H groups in total. The van der Waals surface area contributed by atoms with Crippen LogP contribution >= 0.6 is 0 Å². The lowest BCUT2D eigenvalue weighted by Gasteiger charge is -2.12. The van der Waals surface area contributed by atoms with Crippen molar-refractivity contribution in [2.45, 2.75) is 33.1 Å². The van der Waals surface area contributed by atoms with Gasteiger partial charge in [0.05, 0.1) is 22.8 Å². The van der Waals surface area contributed by atoms with Gasteiger partial charge in [-0.1, -0.05) is 62.1 Å². The van der Waals surface area contributed by atoms with E-state index in [-0.39, 0.29) is 59.9 Å². The molecule has 0 aliphatic carbocycles. The Bertz CT molecular complexity index is 7070. The number of anilines is 14. The van der Waals surface area contributed by atoms with Crippen molar-refractivity contribution in [1.82, 2.24) is 69.6 Å². The number of amides is 6. The van der Waals surface area contributed by atoms with Crippen molar-refractivity contribution in [1.29, 1.82) is 0 Å². The SMILES string of the molecule is C=CC(=O)Cc1cccc(C(=O)Nc2ccc(Nc3nccc(-c4cccnc4)n3)cc2)c1.CCC(=O)Nc1cccc(C(=O)Nc2ccc(Nc3nccc(-c4cccnc4)n3)cc2)c1.CN(C)C/C=C/C(=O)Cc1cccc(C(=O)Nc2ccc(Nc3nccc(-c4cccnc4)n3)cc2)c1.Cc1cc(NC(=O)c2cccc(NC(=O)/C=C/CN(C)C)c2)ccc1Nc1nccc(-c2cccnc2)n1. The molecule has 0 aliphatic rings. The second kappa shape index (κ2) is 51.0. The smallest absolute Gasteiger partial charge is 0.255 e. The van der Waals surface area contributed by atoms with E-state index < -0.39 is 0 Å². The Labute approximate surface area is 814 Å². The molecule has 8 heterocycles. The molecule has 32 heteroatoms. The van der Waals surface area contributed by atoms with Gasteiger partial charge in [-0.2, -0.15) is 0 Å². The van der Waals surface area contributed by atoms with Gasteiger partial charge in [0.1, 0.15) is 0 Å². The number of hydrogen-bond acceptors (Lipinski definition) is 26. The molecule has 8 aromatic heterocycles. The van der Waals surface area contributed by atoms with Gasteiger partial charge in [-0.25, -0.2) is 39.9 Å². The number of ketones is 2. The van der Waals surface area contributed by atoms with E-state index in [2.05, 4.69) is 120 Å². The molecule has 32 nitrogen and oxygen atoms in total. The molecule has 704 valence electrons. The Morgan fingerprint density at radius 1 is 0.319 bits per heavy atom. The molecule has 16 rings (SSSR count). The van der Waals surface area contributed by atoms with Crippen LogP contribution in [0.1, 0.15) is 71.5 Å². The van der Waals surface area contributed by atoms with Crippen LogP contribution in [0.25, 0.3) is 45.0 Å². The number of pyridine rings is 4. The zero-order valence-electron chi connectivity index (χ0n) is 77.9. The molecule has 0 bridgehead atoms. The summed E-state index contributed by atoms with van der Waals surface area (Å²) in [5.41, 5.74) is 17.8. The number of aryl methyl sites for hydroxylation is 1. The van der Waals surface area contributed by atoms with Crippen molar-refractivity contribution >= 4 is 128 Å². The van der Waals surface area contributed by atoms with Crippen molar-refractivity contribution < 1.29 is 38.4 Å². The molecule has 0 spiro atoms. The monoisotopic (exact) mass is 1870 g/mol. The van der Waals surface area contributed by atoms with Crippen LogP contribution in [0.3, 0.4) is 0 Å². The van der Waals surface area contributed by atoms with Gasteiger partial charge in [-0.3, -0.25) is 58.3 Å². The van der Waals surface area contributed by atoms with Crippen LogP contribution in [-0.4, -0.2) is 158 Å². The third-order valence-corrected chi connectivity index (χ3v) is 20.4. The zero-order chi connectivity index (χ0) is 99.0. The first-order valence-corrected chi connectivity index (χ1v) is 44.5. The maximum atomic E-state index is 12.9.